The van der Waals surface area contributed by atoms with Crippen LogP contribution < -0.4 is 5.32 Å². The van der Waals surface area contributed by atoms with Gasteiger partial charge in [-0.2, -0.15) is 11.3 Å². The number of carbonyl (C=O) groups excluding carboxylic acids is 1. The molecule has 2 aliphatic heterocycles. The minimum absolute atomic E-state index is 0.0217. The van der Waals surface area contributed by atoms with E-state index in [0.717, 1.165) is 51.5 Å². The first-order valence-electron chi connectivity index (χ1n) is 7.54. The Hall–Kier alpha value is -0.950. The maximum atomic E-state index is 12.1. The van der Waals surface area contributed by atoms with Crippen molar-refractivity contribution in [1.29, 1.82) is 0 Å². The topological polar surface area (TPSA) is 50.8 Å². The predicted octanol–water partition coefficient (Wildman–Crippen LogP) is 1.22. The van der Waals surface area contributed by atoms with E-state index in [9.17, 15) is 4.79 Å². The summed E-state index contributed by atoms with van der Waals surface area (Å²) in [5.41, 5.74) is 0.753. The largest absolute Gasteiger partial charge is 0.381 e. The molecule has 1 amide bonds. The predicted molar refractivity (Wildman–Crippen MR) is 81.8 cm³/mol. The summed E-state index contributed by atoms with van der Waals surface area (Å²) in [5.74, 6) is 0.527. The summed E-state index contributed by atoms with van der Waals surface area (Å²) >= 11 is 1.55. The highest BCUT2D eigenvalue weighted by atomic mass is 32.1. The summed E-state index contributed by atoms with van der Waals surface area (Å²) < 4.78 is 11.0. The molecule has 2 aliphatic rings. The summed E-state index contributed by atoms with van der Waals surface area (Å²) in [7, 11) is 0. The number of amides is 1. The van der Waals surface area contributed by atoms with Crippen LogP contribution in [0.3, 0.4) is 0 Å². The third-order valence-electron chi connectivity index (χ3n) is 4.28. The van der Waals surface area contributed by atoms with E-state index in [4.69, 9.17) is 9.47 Å². The van der Waals surface area contributed by atoms with Crippen LogP contribution in [0.15, 0.2) is 16.8 Å². The monoisotopic (exact) mass is 310 g/mol. The summed E-state index contributed by atoms with van der Waals surface area (Å²) in [6.45, 7) is 5.76. The molecule has 21 heavy (non-hydrogen) atoms. The Labute approximate surface area is 129 Å². The fraction of sp³-hybridized carbons (Fsp3) is 0.667. The molecule has 0 saturated carbocycles. The lowest BCUT2D eigenvalue weighted by Crippen LogP contribution is -2.52. The third-order valence-corrected chi connectivity index (χ3v) is 4.96. The second-order valence-electron chi connectivity index (χ2n) is 5.56. The Morgan fingerprint density at radius 3 is 2.90 bits per heavy atom. The number of carbonyl (C=O) groups is 1. The van der Waals surface area contributed by atoms with E-state index < -0.39 is 0 Å². The van der Waals surface area contributed by atoms with Crippen molar-refractivity contribution in [2.24, 2.45) is 5.92 Å². The second-order valence-corrected chi connectivity index (χ2v) is 6.34. The van der Waals surface area contributed by atoms with Gasteiger partial charge in [-0.1, -0.05) is 0 Å². The van der Waals surface area contributed by atoms with E-state index >= 15 is 0 Å². The van der Waals surface area contributed by atoms with Crippen LogP contribution in [0.2, 0.25) is 0 Å². The van der Waals surface area contributed by atoms with Crippen molar-refractivity contribution in [2.45, 2.75) is 12.5 Å². The molecule has 0 radical (unpaired) electrons. The Kier molecular flexibility index (Phi) is 5.24. The molecule has 5 nitrogen and oxygen atoms in total. The van der Waals surface area contributed by atoms with Gasteiger partial charge < -0.3 is 14.8 Å². The number of hydrogen-bond donors (Lipinski definition) is 1. The molecule has 1 aromatic rings. The summed E-state index contributed by atoms with van der Waals surface area (Å²) in [5, 5.41) is 6.91. The van der Waals surface area contributed by atoms with Gasteiger partial charge in [0.25, 0.3) is 5.91 Å². The first-order valence-corrected chi connectivity index (χ1v) is 8.49. The van der Waals surface area contributed by atoms with Crippen molar-refractivity contribution in [3.05, 3.63) is 22.4 Å². The number of hydrogen-bond acceptors (Lipinski definition) is 5. The Bertz CT molecular complexity index is 440. The van der Waals surface area contributed by atoms with Crippen molar-refractivity contribution in [3.63, 3.8) is 0 Å². The number of nitrogens with zero attached hydrogens (tertiary/aromatic N) is 1. The van der Waals surface area contributed by atoms with Gasteiger partial charge >= 0.3 is 0 Å². The van der Waals surface area contributed by atoms with E-state index in [1.54, 1.807) is 11.3 Å². The lowest BCUT2D eigenvalue weighted by molar-refractivity contribution is 0.00166. The summed E-state index contributed by atoms with van der Waals surface area (Å²) in [6.07, 6.45) is 1.08. The molecule has 0 aromatic carbocycles. The molecule has 1 aromatic heterocycles. The summed E-state index contributed by atoms with van der Waals surface area (Å²) in [4.78, 5) is 14.6. The normalized spacial score (nSPS) is 24.9. The minimum atomic E-state index is 0.0217. The van der Waals surface area contributed by atoms with Crippen molar-refractivity contribution < 1.29 is 14.3 Å². The molecule has 0 spiro atoms. The molecule has 0 unspecified atom stereocenters. The van der Waals surface area contributed by atoms with Crippen LogP contribution in [0.1, 0.15) is 16.8 Å². The maximum Gasteiger partial charge on any atom is 0.252 e. The molecule has 2 saturated heterocycles. The zero-order chi connectivity index (χ0) is 14.5. The number of rotatable bonds is 5. The molecule has 2 fully saturated rings. The molecule has 3 heterocycles. The highest BCUT2D eigenvalue weighted by Gasteiger charge is 2.31. The quantitative estimate of drug-likeness (QED) is 0.888. The van der Waals surface area contributed by atoms with Gasteiger partial charge in [0.2, 0.25) is 0 Å². The van der Waals surface area contributed by atoms with Gasteiger partial charge in [0.05, 0.1) is 19.8 Å². The first-order chi connectivity index (χ1) is 10.3. The van der Waals surface area contributed by atoms with Gasteiger partial charge in [-0.05, 0) is 17.9 Å². The molecule has 2 atom stereocenters. The average molecular weight is 310 g/mol. The minimum Gasteiger partial charge on any atom is -0.381 e. The Morgan fingerprint density at radius 2 is 2.24 bits per heavy atom. The van der Waals surface area contributed by atoms with E-state index in [1.807, 2.05) is 16.8 Å². The summed E-state index contributed by atoms with van der Waals surface area (Å²) in [6, 6.07) is 2.21. The molecule has 1 N–H and O–H groups in total. The van der Waals surface area contributed by atoms with E-state index in [2.05, 4.69) is 10.2 Å². The fourth-order valence-electron chi connectivity index (χ4n) is 3.05. The van der Waals surface area contributed by atoms with Crippen molar-refractivity contribution in [1.82, 2.24) is 10.2 Å². The van der Waals surface area contributed by atoms with Crippen molar-refractivity contribution in [3.8, 4) is 0 Å². The van der Waals surface area contributed by atoms with E-state index in [-0.39, 0.29) is 5.91 Å². The third kappa shape index (κ3) is 3.83. The van der Waals surface area contributed by atoms with Crippen LogP contribution in [0.25, 0.3) is 0 Å². The lowest BCUT2D eigenvalue weighted by atomic mass is 9.96. The van der Waals surface area contributed by atoms with E-state index in [0.29, 0.717) is 18.5 Å². The smallest absolute Gasteiger partial charge is 0.252 e. The fourth-order valence-corrected chi connectivity index (χ4v) is 3.69. The van der Waals surface area contributed by atoms with Crippen LogP contribution in [-0.4, -0.2) is 62.9 Å². The van der Waals surface area contributed by atoms with Crippen molar-refractivity contribution in [2.75, 3.05) is 46.1 Å². The maximum absolute atomic E-state index is 12.1. The number of nitrogens with one attached hydrogen (secondary N) is 1. The van der Waals surface area contributed by atoms with E-state index in [1.165, 1.54) is 0 Å². The molecular weight excluding hydrogens is 288 g/mol. The zero-order valence-electron chi connectivity index (χ0n) is 12.1. The van der Waals surface area contributed by atoms with Gasteiger partial charge in [0, 0.05) is 49.1 Å². The molecule has 6 heteroatoms. The molecule has 0 bridgehead atoms. The lowest BCUT2D eigenvalue weighted by Gasteiger charge is -2.37. The van der Waals surface area contributed by atoms with Crippen LogP contribution in [0, 0.1) is 5.92 Å². The van der Waals surface area contributed by atoms with Crippen LogP contribution in [-0.2, 0) is 9.47 Å². The van der Waals surface area contributed by atoms with Crippen LogP contribution >= 0.6 is 11.3 Å². The highest BCUT2D eigenvalue weighted by molar-refractivity contribution is 7.08. The van der Waals surface area contributed by atoms with Gasteiger partial charge in [-0.25, -0.2) is 0 Å². The first kappa shape index (κ1) is 15.0. The highest BCUT2D eigenvalue weighted by Crippen LogP contribution is 2.22. The van der Waals surface area contributed by atoms with Crippen LogP contribution in [0.5, 0.6) is 0 Å². The number of thiophene rings is 1. The van der Waals surface area contributed by atoms with Crippen molar-refractivity contribution >= 4 is 17.2 Å². The van der Waals surface area contributed by atoms with Gasteiger partial charge in [-0.15, -0.1) is 0 Å². The SMILES string of the molecule is O=C(NC[C@@H]([C@@H]1CCOC1)N1CCOCC1)c1ccsc1. The van der Waals surface area contributed by atoms with Gasteiger partial charge in [0.1, 0.15) is 0 Å². The second kappa shape index (κ2) is 7.35. The molecule has 3 rings (SSSR count). The van der Waals surface area contributed by atoms with Gasteiger partial charge in [-0.3, -0.25) is 9.69 Å². The number of morpholine rings is 1. The Balaban J connectivity index is 1.59. The molecule has 116 valence electrons. The molecular formula is C15H22N2O3S. The van der Waals surface area contributed by atoms with Gasteiger partial charge in [0.15, 0.2) is 0 Å². The van der Waals surface area contributed by atoms with Crippen LogP contribution in [0.4, 0.5) is 0 Å². The standard InChI is InChI=1S/C15H22N2O3S/c18-15(13-2-8-21-11-13)16-9-14(12-1-5-20-10-12)17-3-6-19-7-4-17/h2,8,11-12,14H,1,3-7,9-10H2,(H,16,18)/t12-,14+/m1/s1. The molecule has 0 aliphatic carbocycles. The Morgan fingerprint density at radius 1 is 1.38 bits per heavy atom. The average Bonchev–Trinajstić information content (AvgIpc) is 3.22. The number of ether oxygens (including phenoxy) is 2. The zero-order valence-corrected chi connectivity index (χ0v) is 12.9.